The Bertz CT molecular complexity index is 901. The Kier molecular flexibility index (Phi) is 5.74. The van der Waals surface area contributed by atoms with Crippen molar-refractivity contribution in [2.45, 2.75) is 24.7 Å². The Morgan fingerprint density at radius 3 is 2.32 bits per heavy atom. The van der Waals surface area contributed by atoms with Gasteiger partial charge in [-0.3, -0.25) is 4.79 Å². The summed E-state index contributed by atoms with van der Waals surface area (Å²) < 4.78 is 36.8. The first-order valence-corrected chi connectivity index (χ1v) is 9.64. The molecule has 0 aromatic heterocycles. The van der Waals surface area contributed by atoms with Crippen LogP contribution in [0, 0.1) is 5.82 Å². The van der Waals surface area contributed by atoms with Crippen molar-refractivity contribution >= 4 is 27.5 Å². The van der Waals surface area contributed by atoms with Gasteiger partial charge in [-0.1, -0.05) is 38.1 Å². The zero-order chi connectivity index (χ0) is 18.6. The summed E-state index contributed by atoms with van der Waals surface area (Å²) in [6.45, 7) is 4.19. The van der Waals surface area contributed by atoms with Gasteiger partial charge < -0.3 is 5.32 Å². The number of benzene rings is 2. The lowest BCUT2D eigenvalue weighted by molar-refractivity contribution is -0.111. The third kappa shape index (κ3) is 5.26. The van der Waals surface area contributed by atoms with Crippen LogP contribution in [0.3, 0.4) is 0 Å². The van der Waals surface area contributed by atoms with Crippen LogP contribution >= 0.6 is 0 Å². The van der Waals surface area contributed by atoms with E-state index in [0.29, 0.717) is 5.92 Å². The summed E-state index contributed by atoms with van der Waals surface area (Å²) in [5.74, 6) is -0.820. The molecule has 0 heterocycles. The predicted octanol–water partition coefficient (Wildman–Crippen LogP) is 4.00. The number of halogens is 1. The van der Waals surface area contributed by atoms with Crippen molar-refractivity contribution in [3.63, 3.8) is 0 Å². The average Bonchev–Trinajstić information content (AvgIpc) is 2.54. The normalized spacial score (nSPS) is 11.9. The van der Waals surface area contributed by atoms with Crippen LogP contribution in [0.15, 0.2) is 53.4 Å². The van der Waals surface area contributed by atoms with E-state index in [9.17, 15) is 17.6 Å². The second-order valence-corrected chi connectivity index (χ2v) is 8.07. The van der Waals surface area contributed by atoms with Crippen LogP contribution in [-0.2, 0) is 14.6 Å². The lowest BCUT2D eigenvalue weighted by Crippen LogP contribution is -2.10. The van der Waals surface area contributed by atoms with E-state index in [1.165, 1.54) is 11.6 Å². The van der Waals surface area contributed by atoms with E-state index in [0.717, 1.165) is 30.0 Å². The molecule has 0 aliphatic rings. The monoisotopic (exact) mass is 361 g/mol. The molecule has 132 valence electrons. The van der Waals surface area contributed by atoms with Crippen molar-refractivity contribution in [1.29, 1.82) is 0 Å². The van der Waals surface area contributed by atoms with Gasteiger partial charge in [-0.05, 0) is 41.3 Å². The highest BCUT2D eigenvalue weighted by Gasteiger charge is 2.12. The second kappa shape index (κ2) is 7.61. The maximum absolute atomic E-state index is 13.8. The first-order chi connectivity index (χ1) is 11.7. The number of nitrogens with one attached hydrogen (secondary N) is 1. The molecule has 4 nitrogen and oxygen atoms in total. The number of rotatable bonds is 5. The van der Waals surface area contributed by atoms with Gasteiger partial charge in [-0.2, -0.15) is 0 Å². The molecule has 0 unspecified atom stereocenters. The van der Waals surface area contributed by atoms with Crippen LogP contribution in [0.4, 0.5) is 10.1 Å². The van der Waals surface area contributed by atoms with Gasteiger partial charge in [0.2, 0.25) is 5.91 Å². The number of carbonyl (C=O) groups is 1. The molecule has 0 fully saturated rings. The molecule has 0 aliphatic heterocycles. The van der Waals surface area contributed by atoms with Crippen molar-refractivity contribution < 1.29 is 17.6 Å². The SMILES string of the molecule is CC(C)c1ccc(/C=C/C(=O)Nc2cc(S(C)(=O)=O)ccc2F)cc1. The van der Waals surface area contributed by atoms with E-state index in [-0.39, 0.29) is 10.6 Å². The minimum Gasteiger partial charge on any atom is -0.320 e. The van der Waals surface area contributed by atoms with Crippen LogP contribution in [0.5, 0.6) is 0 Å². The van der Waals surface area contributed by atoms with Gasteiger partial charge >= 0.3 is 0 Å². The van der Waals surface area contributed by atoms with E-state index in [1.54, 1.807) is 6.08 Å². The van der Waals surface area contributed by atoms with Crippen LogP contribution in [0.2, 0.25) is 0 Å². The van der Waals surface area contributed by atoms with E-state index < -0.39 is 21.6 Å². The average molecular weight is 361 g/mol. The zero-order valence-electron chi connectivity index (χ0n) is 14.3. The smallest absolute Gasteiger partial charge is 0.248 e. The summed E-state index contributed by atoms with van der Waals surface area (Å²) in [6, 6.07) is 11.0. The zero-order valence-corrected chi connectivity index (χ0v) is 15.1. The fraction of sp³-hybridized carbons (Fsp3) is 0.211. The van der Waals surface area contributed by atoms with E-state index in [2.05, 4.69) is 19.2 Å². The summed E-state index contributed by atoms with van der Waals surface area (Å²) in [4.78, 5) is 11.9. The molecule has 25 heavy (non-hydrogen) atoms. The molecule has 0 aliphatic carbocycles. The first kappa shape index (κ1) is 18.9. The van der Waals surface area contributed by atoms with Gasteiger partial charge in [0.25, 0.3) is 0 Å². The number of hydrogen-bond donors (Lipinski definition) is 1. The van der Waals surface area contributed by atoms with Gasteiger partial charge in [0.1, 0.15) is 5.82 Å². The first-order valence-electron chi connectivity index (χ1n) is 7.75. The quantitative estimate of drug-likeness (QED) is 0.647. The molecule has 0 atom stereocenters. The molecule has 0 bridgehead atoms. The van der Waals surface area contributed by atoms with Gasteiger partial charge in [0, 0.05) is 12.3 Å². The van der Waals surface area contributed by atoms with Gasteiger partial charge in [-0.15, -0.1) is 0 Å². The minimum absolute atomic E-state index is 0.0579. The molecule has 0 saturated carbocycles. The van der Waals surface area contributed by atoms with E-state index >= 15 is 0 Å². The molecule has 2 aromatic rings. The lowest BCUT2D eigenvalue weighted by atomic mass is 10.0. The van der Waals surface area contributed by atoms with Crippen molar-refractivity contribution in [1.82, 2.24) is 0 Å². The molecule has 0 radical (unpaired) electrons. The largest absolute Gasteiger partial charge is 0.320 e. The highest BCUT2D eigenvalue weighted by Crippen LogP contribution is 2.20. The maximum atomic E-state index is 13.8. The summed E-state index contributed by atoms with van der Waals surface area (Å²) in [6.07, 6.45) is 3.90. The number of sulfone groups is 1. The predicted molar refractivity (Wildman–Crippen MR) is 97.7 cm³/mol. The molecular weight excluding hydrogens is 341 g/mol. The minimum atomic E-state index is -3.48. The van der Waals surface area contributed by atoms with Crippen molar-refractivity contribution in [3.05, 3.63) is 65.5 Å². The van der Waals surface area contributed by atoms with Crippen LogP contribution in [0.25, 0.3) is 6.08 Å². The summed E-state index contributed by atoms with van der Waals surface area (Å²) in [5.41, 5.74) is 1.86. The summed E-state index contributed by atoms with van der Waals surface area (Å²) in [7, 11) is -3.48. The number of anilines is 1. The lowest BCUT2D eigenvalue weighted by Gasteiger charge is -2.06. The fourth-order valence-corrected chi connectivity index (χ4v) is 2.82. The molecule has 1 amide bonds. The number of hydrogen-bond acceptors (Lipinski definition) is 3. The number of amides is 1. The highest BCUT2D eigenvalue weighted by molar-refractivity contribution is 7.90. The Balaban J connectivity index is 2.12. The van der Waals surface area contributed by atoms with Crippen molar-refractivity contribution in [3.8, 4) is 0 Å². The molecule has 2 rings (SSSR count). The van der Waals surface area contributed by atoms with E-state index in [4.69, 9.17) is 0 Å². The van der Waals surface area contributed by atoms with Gasteiger partial charge in [0.15, 0.2) is 9.84 Å². The molecule has 1 N–H and O–H groups in total. The topological polar surface area (TPSA) is 63.2 Å². The Labute approximate surface area is 147 Å². The molecule has 2 aromatic carbocycles. The Morgan fingerprint density at radius 1 is 1.12 bits per heavy atom. The van der Waals surface area contributed by atoms with Gasteiger partial charge in [-0.25, -0.2) is 12.8 Å². The third-order valence-electron chi connectivity index (χ3n) is 3.65. The van der Waals surface area contributed by atoms with Crippen LogP contribution in [0.1, 0.15) is 30.9 Å². The van der Waals surface area contributed by atoms with Crippen molar-refractivity contribution in [2.24, 2.45) is 0 Å². The van der Waals surface area contributed by atoms with Gasteiger partial charge in [0.05, 0.1) is 10.6 Å². The Hall–Kier alpha value is -2.47. The van der Waals surface area contributed by atoms with Crippen LogP contribution < -0.4 is 5.32 Å². The molecule has 6 heteroatoms. The Morgan fingerprint density at radius 2 is 1.76 bits per heavy atom. The maximum Gasteiger partial charge on any atom is 0.248 e. The molecule has 0 saturated heterocycles. The molecule has 0 spiro atoms. The standard InChI is InChI=1S/C19H20FNO3S/c1-13(2)15-7-4-14(5-8-15)6-11-19(22)21-18-12-16(25(3,23)24)9-10-17(18)20/h4-13H,1-3H3,(H,21,22)/b11-6+. The van der Waals surface area contributed by atoms with Crippen molar-refractivity contribution in [2.75, 3.05) is 11.6 Å². The number of carbonyl (C=O) groups excluding carboxylic acids is 1. The van der Waals surface area contributed by atoms with Crippen LogP contribution in [-0.4, -0.2) is 20.6 Å². The van der Waals surface area contributed by atoms with E-state index in [1.807, 2.05) is 24.3 Å². The molecular formula is C19H20FNO3S. The second-order valence-electron chi connectivity index (χ2n) is 6.06. The summed E-state index contributed by atoms with van der Waals surface area (Å²) in [5, 5.41) is 2.36. The third-order valence-corrected chi connectivity index (χ3v) is 4.76. The fourth-order valence-electron chi connectivity index (χ4n) is 2.17. The highest BCUT2D eigenvalue weighted by atomic mass is 32.2. The summed E-state index contributed by atoms with van der Waals surface area (Å²) >= 11 is 0.